The molecule has 100 valence electrons. The van der Waals surface area contributed by atoms with E-state index in [0.29, 0.717) is 6.04 Å². The van der Waals surface area contributed by atoms with Crippen molar-refractivity contribution in [2.45, 2.75) is 25.9 Å². The molecule has 2 aromatic rings. The summed E-state index contributed by atoms with van der Waals surface area (Å²) in [6.07, 6.45) is 1.03. The molecule has 3 heteroatoms. The van der Waals surface area contributed by atoms with E-state index in [4.69, 9.17) is 11.6 Å². The average Bonchev–Trinajstić information content (AvgIpc) is 2.41. The van der Waals surface area contributed by atoms with Crippen LogP contribution in [0.5, 0.6) is 0 Å². The molecule has 0 bridgehead atoms. The molecule has 0 fully saturated rings. The molecule has 0 aromatic heterocycles. The van der Waals surface area contributed by atoms with E-state index in [1.54, 1.807) is 0 Å². The van der Waals surface area contributed by atoms with Crippen molar-refractivity contribution in [3.63, 3.8) is 0 Å². The molecule has 0 aliphatic carbocycles. The molecule has 0 saturated heterocycles. The molecule has 1 unspecified atom stereocenters. The summed E-state index contributed by atoms with van der Waals surface area (Å²) in [6.45, 7) is 3.01. The van der Waals surface area contributed by atoms with Gasteiger partial charge in [0.05, 0.1) is 0 Å². The van der Waals surface area contributed by atoms with Crippen molar-refractivity contribution < 1.29 is 0 Å². The normalized spacial score (nSPS) is 12.4. The largest absolute Gasteiger partial charge is 0.310 e. The van der Waals surface area contributed by atoms with Crippen LogP contribution < -0.4 is 5.32 Å². The number of halogens is 2. The van der Waals surface area contributed by atoms with Crippen molar-refractivity contribution in [3.8, 4) is 0 Å². The Bertz CT molecular complexity index is 528. The van der Waals surface area contributed by atoms with Gasteiger partial charge in [0, 0.05) is 22.1 Å². The second-order valence-corrected chi connectivity index (χ2v) is 6.00. The standard InChI is InChI=1S/C16H17BrClN/c1-12(9-13-5-3-2-4-6-13)19-11-14-10-15(18)7-8-16(14)17/h2-8,10,12,19H,9,11H2,1H3. The zero-order valence-electron chi connectivity index (χ0n) is 10.9. The second-order valence-electron chi connectivity index (χ2n) is 4.71. The van der Waals surface area contributed by atoms with Gasteiger partial charge in [0.15, 0.2) is 0 Å². The molecule has 1 atom stereocenters. The predicted octanol–water partition coefficient (Wildman–Crippen LogP) is 4.82. The van der Waals surface area contributed by atoms with Crippen LogP contribution in [0.1, 0.15) is 18.1 Å². The molecule has 0 heterocycles. The van der Waals surface area contributed by atoms with Crippen LogP contribution in [-0.2, 0) is 13.0 Å². The smallest absolute Gasteiger partial charge is 0.0410 e. The van der Waals surface area contributed by atoms with Crippen LogP contribution in [0.4, 0.5) is 0 Å². The lowest BCUT2D eigenvalue weighted by Crippen LogP contribution is -2.27. The van der Waals surface area contributed by atoms with E-state index in [-0.39, 0.29) is 0 Å². The number of hydrogen-bond donors (Lipinski definition) is 1. The van der Waals surface area contributed by atoms with E-state index in [9.17, 15) is 0 Å². The third-order valence-corrected chi connectivity index (χ3v) is 4.04. The highest BCUT2D eigenvalue weighted by Crippen LogP contribution is 2.21. The van der Waals surface area contributed by atoms with Crippen LogP contribution in [0.25, 0.3) is 0 Å². The van der Waals surface area contributed by atoms with Crippen LogP contribution in [0, 0.1) is 0 Å². The van der Waals surface area contributed by atoms with Crippen molar-refractivity contribution in [1.29, 1.82) is 0 Å². The summed E-state index contributed by atoms with van der Waals surface area (Å²) in [5.41, 5.74) is 2.54. The summed E-state index contributed by atoms with van der Waals surface area (Å²) in [6, 6.07) is 16.8. The first kappa shape index (κ1) is 14.6. The van der Waals surface area contributed by atoms with E-state index in [0.717, 1.165) is 22.5 Å². The van der Waals surface area contributed by atoms with Crippen molar-refractivity contribution in [2.75, 3.05) is 0 Å². The Morgan fingerprint density at radius 3 is 2.63 bits per heavy atom. The number of rotatable bonds is 5. The van der Waals surface area contributed by atoms with Crippen LogP contribution in [-0.4, -0.2) is 6.04 Å². The lowest BCUT2D eigenvalue weighted by Gasteiger charge is -2.15. The average molecular weight is 339 g/mol. The molecule has 0 aliphatic rings. The second kappa shape index (κ2) is 7.09. The number of nitrogens with one attached hydrogen (secondary N) is 1. The van der Waals surface area contributed by atoms with Gasteiger partial charge in [-0.05, 0) is 42.7 Å². The minimum Gasteiger partial charge on any atom is -0.310 e. The molecular formula is C16H17BrClN. The number of benzene rings is 2. The van der Waals surface area contributed by atoms with E-state index >= 15 is 0 Å². The lowest BCUT2D eigenvalue weighted by molar-refractivity contribution is 0.545. The molecule has 0 aliphatic heterocycles. The highest BCUT2D eigenvalue weighted by atomic mass is 79.9. The van der Waals surface area contributed by atoms with E-state index in [1.807, 2.05) is 24.3 Å². The Kier molecular flexibility index (Phi) is 5.44. The van der Waals surface area contributed by atoms with E-state index in [1.165, 1.54) is 11.1 Å². The predicted molar refractivity (Wildman–Crippen MR) is 85.6 cm³/mol. The first-order valence-electron chi connectivity index (χ1n) is 6.36. The monoisotopic (exact) mass is 337 g/mol. The van der Waals surface area contributed by atoms with Gasteiger partial charge in [-0.3, -0.25) is 0 Å². The Morgan fingerprint density at radius 2 is 1.89 bits per heavy atom. The van der Waals surface area contributed by atoms with Gasteiger partial charge in [0.2, 0.25) is 0 Å². The van der Waals surface area contributed by atoms with Gasteiger partial charge in [-0.2, -0.15) is 0 Å². The highest BCUT2D eigenvalue weighted by molar-refractivity contribution is 9.10. The summed E-state index contributed by atoms with van der Waals surface area (Å²) in [5, 5.41) is 4.30. The molecule has 19 heavy (non-hydrogen) atoms. The summed E-state index contributed by atoms with van der Waals surface area (Å²) < 4.78 is 1.09. The fourth-order valence-electron chi connectivity index (χ4n) is 2.00. The maximum Gasteiger partial charge on any atom is 0.0410 e. The lowest BCUT2D eigenvalue weighted by atomic mass is 10.1. The Balaban J connectivity index is 1.90. The highest BCUT2D eigenvalue weighted by Gasteiger charge is 2.05. The molecule has 0 radical (unpaired) electrons. The maximum absolute atomic E-state index is 6.01. The SMILES string of the molecule is CC(Cc1ccccc1)NCc1cc(Cl)ccc1Br. The fraction of sp³-hybridized carbons (Fsp3) is 0.250. The first-order valence-corrected chi connectivity index (χ1v) is 7.53. The summed E-state index contributed by atoms with van der Waals surface area (Å²) in [7, 11) is 0. The van der Waals surface area contributed by atoms with Crippen molar-refractivity contribution in [2.24, 2.45) is 0 Å². The van der Waals surface area contributed by atoms with Gasteiger partial charge in [-0.15, -0.1) is 0 Å². The van der Waals surface area contributed by atoms with Gasteiger partial charge >= 0.3 is 0 Å². The Hall–Kier alpha value is -0.830. The third kappa shape index (κ3) is 4.64. The van der Waals surface area contributed by atoms with Crippen molar-refractivity contribution in [3.05, 3.63) is 69.2 Å². The molecule has 2 rings (SSSR count). The zero-order chi connectivity index (χ0) is 13.7. The van der Waals surface area contributed by atoms with Crippen LogP contribution in [0.15, 0.2) is 53.0 Å². The van der Waals surface area contributed by atoms with Crippen LogP contribution >= 0.6 is 27.5 Å². The van der Waals surface area contributed by atoms with E-state index < -0.39 is 0 Å². The summed E-state index contributed by atoms with van der Waals surface area (Å²) in [4.78, 5) is 0. The molecule has 1 nitrogen and oxygen atoms in total. The third-order valence-electron chi connectivity index (χ3n) is 3.03. The zero-order valence-corrected chi connectivity index (χ0v) is 13.2. The summed E-state index contributed by atoms with van der Waals surface area (Å²) in [5.74, 6) is 0. The minimum atomic E-state index is 0.424. The molecule has 0 amide bonds. The molecule has 2 aromatic carbocycles. The van der Waals surface area contributed by atoms with Crippen molar-refractivity contribution >= 4 is 27.5 Å². The van der Waals surface area contributed by atoms with Gasteiger partial charge in [-0.1, -0.05) is 57.9 Å². The van der Waals surface area contributed by atoms with Crippen LogP contribution in [0.3, 0.4) is 0 Å². The molecule has 0 spiro atoms. The maximum atomic E-state index is 6.01. The topological polar surface area (TPSA) is 12.0 Å². The molecule has 0 saturated carbocycles. The minimum absolute atomic E-state index is 0.424. The Labute approximate surface area is 128 Å². The van der Waals surface area contributed by atoms with Gasteiger partial charge in [0.25, 0.3) is 0 Å². The molecule has 1 N–H and O–H groups in total. The summed E-state index contributed by atoms with van der Waals surface area (Å²) >= 11 is 9.56. The van der Waals surface area contributed by atoms with Gasteiger partial charge in [0.1, 0.15) is 0 Å². The van der Waals surface area contributed by atoms with Crippen LogP contribution in [0.2, 0.25) is 5.02 Å². The Morgan fingerprint density at radius 1 is 1.16 bits per heavy atom. The number of hydrogen-bond acceptors (Lipinski definition) is 1. The van der Waals surface area contributed by atoms with E-state index in [2.05, 4.69) is 52.4 Å². The van der Waals surface area contributed by atoms with Gasteiger partial charge < -0.3 is 5.32 Å². The van der Waals surface area contributed by atoms with Crippen molar-refractivity contribution in [1.82, 2.24) is 5.32 Å². The van der Waals surface area contributed by atoms with Gasteiger partial charge in [-0.25, -0.2) is 0 Å². The quantitative estimate of drug-likeness (QED) is 0.824. The fourth-order valence-corrected chi connectivity index (χ4v) is 2.58. The molecular weight excluding hydrogens is 322 g/mol. The first-order chi connectivity index (χ1) is 9.15.